The van der Waals surface area contributed by atoms with Crippen molar-refractivity contribution in [1.82, 2.24) is 0 Å². The molecular weight excluding hydrogens is 302 g/mol. The molecule has 0 spiro atoms. The van der Waals surface area contributed by atoms with Crippen LogP contribution in [0.2, 0.25) is 0 Å². The molecule has 0 bridgehead atoms. The molecule has 17 heavy (non-hydrogen) atoms. The van der Waals surface area contributed by atoms with E-state index >= 15 is 0 Å². The summed E-state index contributed by atoms with van der Waals surface area (Å²) in [5.41, 5.74) is -1.22. The molecular formula is C8H4Cl2F3NO2S. The highest BCUT2D eigenvalue weighted by molar-refractivity contribution is 8.31. The molecule has 3 nitrogen and oxygen atoms in total. The van der Waals surface area contributed by atoms with Crippen molar-refractivity contribution < 1.29 is 21.6 Å². The van der Waals surface area contributed by atoms with Gasteiger partial charge in [0.05, 0.1) is 17.2 Å². The largest absolute Gasteiger partial charge is 0.417 e. The zero-order valence-corrected chi connectivity index (χ0v) is 10.2. The van der Waals surface area contributed by atoms with Crippen LogP contribution in [0.1, 0.15) is 11.1 Å². The highest BCUT2D eigenvalue weighted by Gasteiger charge is 2.32. The standard InChI is InChI=1S/C8H4F3N.Cl2O2S/c9-8(10,11)7-4-2-1-3-6(7)5-12;1-5(2,3)4/h1-4H;. The van der Waals surface area contributed by atoms with Crippen molar-refractivity contribution in [3.05, 3.63) is 35.4 Å². The Morgan fingerprint density at radius 2 is 1.59 bits per heavy atom. The number of alkyl halides is 3. The van der Waals surface area contributed by atoms with Gasteiger partial charge in [-0.1, -0.05) is 12.1 Å². The first-order valence-electron chi connectivity index (χ1n) is 3.76. The fourth-order valence-electron chi connectivity index (χ4n) is 0.828. The molecule has 1 rings (SSSR count). The molecule has 0 aliphatic carbocycles. The maximum Gasteiger partial charge on any atom is 0.417 e. The minimum atomic E-state index is -4.44. The summed E-state index contributed by atoms with van der Waals surface area (Å²) in [5.74, 6) is 0. The molecule has 0 fully saturated rings. The second-order valence-corrected chi connectivity index (χ2v) is 6.20. The summed E-state index contributed by atoms with van der Waals surface area (Å²) in [7, 11) is 4.81. The van der Waals surface area contributed by atoms with Gasteiger partial charge in [-0.2, -0.15) is 26.9 Å². The van der Waals surface area contributed by atoms with Crippen molar-refractivity contribution in [1.29, 1.82) is 5.26 Å². The second-order valence-electron chi connectivity index (χ2n) is 2.53. The lowest BCUT2D eigenvalue weighted by atomic mass is 10.1. The molecule has 0 N–H and O–H groups in total. The number of hydrogen-bond acceptors (Lipinski definition) is 3. The number of rotatable bonds is 0. The van der Waals surface area contributed by atoms with Gasteiger partial charge in [0.25, 0.3) is 0 Å². The summed E-state index contributed by atoms with van der Waals surface area (Å²) in [6.07, 6.45) is -4.44. The molecule has 0 unspecified atom stereocenters. The van der Waals surface area contributed by atoms with Crippen LogP contribution in [0.4, 0.5) is 13.2 Å². The first kappa shape index (κ1) is 16.0. The van der Waals surface area contributed by atoms with Gasteiger partial charge in [0, 0.05) is 21.4 Å². The topological polar surface area (TPSA) is 57.9 Å². The lowest BCUT2D eigenvalue weighted by Crippen LogP contribution is -2.06. The summed E-state index contributed by atoms with van der Waals surface area (Å²) in [4.78, 5) is 0. The zero-order chi connectivity index (χ0) is 13.7. The third-order valence-electron chi connectivity index (χ3n) is 1.35. The Kier molecular flexibility index (Phi) is 5.75. The van der Waals surface area contributed by atoms with Crippen molar-refractivity contribution in [2.24, 2.45) is 0 Å². The molecule has 0 aromatic heterocycles. The van der Waals surface area contributed by atoms with Gasteiger partial charge < -0.3 is 0 Å². The monoisotopic (exact) mass is 305 g/mol. The van der Waals surface area contributed by atoms with E-state index in [0.29, 0.717) is 0 Å². The molecule has 0 aliphatic heterocycles. The lowest BCUT2D eigenvalue weighted by molar-refractivity contribution is -0.137. The van der Waals surface area contributed by atoms with Gasteiger partial charge in [-0.15, -0.1) is 0 Å². The SMILES string of the molecule is N#Cc1ccccc1C(F)(F)F.O=S(=O)(Cl)Cl. The van der Waals surface area contributed by atoms with E-state index in [-0.39, 0.29) is 5.56 Å². The van der Waals surface area contributed by atoms with Crippen LogP contribution in [0.15, 0.2) is 24.3 Å². The molecule has 1 aromatic carbocycles. The van der Waals surface area contributed by atoms with E-state index in [1.54, 1.807) is 0 Å². The third-order valence-corrected chi connectivity index (χ3v) is 1.35. The van der Waals surface area contributed by atoms with E-state index in [1.165, 1.54) is 18.2 Å². The van der Waals surface area contributed by atoms with Crippen LogP contribution in [0.5, 0.6) is 0 Å². The summed E-state index contributed by atoms with van der Waals surface area (Å²) >= 11 is 0. The molecule has 0 saturated heterocycles. The molecule has 1 aromatic rings. The van der Waals surface area contributed by atoms with Crippen molar-refractivity contribution in [2.45, 2.75) is 6.18 Å². The van der Waals surface area contributed by atoms with E-state index in [4.69, 9.17) is 13.7 Å². The number of halogens is 5. The Morgan fingerprint density at radius 1 is 1.18 bits per heavy atom. The maximum atomic E-state index is 12.1. The fraction of sp³-hybridized carbons (Fsp3) is 0.125. The van der Waals surface area contributed by atoms with Crippen LogP contribution in [0.25, 0.3) is 0 Å². The second kappa shape index (κ2) is 6.10. The van der Waals surface area contributed by atoms with Gasteiger partial charge in [0.15, 0.2) is 0 Å². The molecule has 0 heterocycles. The van der Waals surface area contributed by atoms with Crippen LogP contribution in [0.3, 0.4) is 0 Å². The zero-order valence-electron chi connectivity index (χ0n) is 7.87. The average molecular weight is 306 g/mol. The quantitative estimate of drug-likeness (QED) is 0.691. The number of nitrogens with zero attached hydrogens (tertiary/aromatic N) is 1. The maximum absolute atomic E-state index is 12.1. The van der Waals surface area contributed by atoms with Crippen LogP contribution < -0.4 is 0 Å². The number of nitriles is 1. The average Bonchev–Trinajstić information content (AvgIpc) is 2.14. The fourth-order valence-corrected chi connectivity index (χ4v) is 0.828. The minimum Gasteiger partial charge on any atom is -0.195 e. The van der Waals surface area contributed by atoms with Crippen LogP contribution in [0, 0.1) is 11.3 Å². The third kappa shape index (κ3) is 7.85. The first-order chi connectivity index (χ1) is 7.55. The number of benzene rings is 1. The molecule has 0 atom stereocenters. The van der Waals surface area contributed by atoms with E-state index in [0.717, 1.165) is 12.1 Å². The van der Waals surface area contributed by atoms with Crippen molar-refractivity contribution in [2.75, 3.05) is 0 Å². The van der Waals surface area contributed by atoms with Crippen molar-refractivity contribution >= 4 is 29.6 Å². The Balaban J connectivity index is 0.000000437. The van der Waals surface area contributed by atoms with Gasteiger partial charge in [0.2, 0.25) is 0 Å². The molecule has 0 radical (unpaired) electrons. The minimum absolute atomic E-state index is 0.343. The van der Waals surface area contributed by atoms with Crippen molar-refractivity contribution in [3.8, 4) is 6.07 Å². The Morgan fingerprint density at radius 3 is 1.88 bits per heavy atom. The van der Waals surface area contributed by atoms with Gasteiger partial charge in [-0.25, -0.2) is 0 Å². The Bertz CT molecular complexity index is 514. The van der Waals surface area contributed by atoms with Gasteiger partial charge in [-0.3, -0.25) is 0 Å². The van der Waals surface area contributed by atoms with Gasteiger partial charge in [0.1, 0.15) is 0 Å². The van der Waals surface area contributed by atoms with Crippen LogP contribution in [-0.2, 0) is 14.4 Å². The predicted molar refractivity (Wildman–Crippen MR) is 56.8 cm³/mol. The molecule has 94 valence electrons. The normalized spacial score (nSPS) is 11.1. The molecule has 0 saturated carbocycles. The summed E-state index contributed by atoms with van der Waals surface area (Å²) in [5, 5.41) is 8.33. The van der Waals surface area contributed by atoms with Crippen LogP contribution >= 0.6 is 21.4 Å². The Hall–Kier alpha value is -0.970. The number of hydrogen-bond donors (Lipinski definition) is 0. The van der Waals surface area contributed by atoms with E-state index < -0.39 is 20.0 Å². The highest BCUT2D eigenvalue weighted by atomic mass is 36.0. The molecule has 9 heteroatoms. The van der Waals surface area contributed by atoms with Crippen molar-refractivity contribution in [3.63, 3.8) is 0 Å². The summed E-state index contributed by atoms with van der Waals surface area (Å²) < 4.78 is 54.6. The highest BCUT2D eigenvalue weighted by Crippen LogP contribution is 2.31. The van der Waals surface area contributed by atoms with E-state index in [9.17, 15) is 13.2 Å². The smallest absolute Gasteiger partial charge is 0.195 e. The summed E-state index contributed by atoms with van der Waals surface area (Å²) in [6, 6.07) is 6.16. The van der Waals surface area contributed by atoms with Gasteiger partial charge >= 0.3 is 14.4 Å². The Labute approximate surface area is 104 Å². The van der Waals surface area contributed by atoms with E-state index in [2.05, 4.69) is 21.4 Å². The predicted octanol–water partition coefficient (Wildman–Crippen LogP) is 3.29. The van der Waals surface area contributed by atoms with Crippen LogP contribution in [-0.4, -0.2) is 8.42 Å². The lowest BCUT2D eigenvalue weighted by Gasteiger charge is -2.06. The first-order valence-corrected chi connectivity index (χ1v) is 6.90. The summed E-state index contributed by atoms with van der Waals surface area (Å²) in [6.45, 7) is 0. The molecule has 0 amide bonds. The van der Waals surface area contributed by atoms with Gasteiger partial charge in [-0.05, 0) is 12.1 Å². The molecule has 0 aliphatic rings. The van der Waals surface area contributed by atoms with E-state index in [1.807, 2.05) is 0 Å².